The summed E-state index contributed by atoms with van der Waals surface area (Å²) in [6, 6.07) is 0.210. The van der Waals surface area contributed by atoms with Crippen LogP contribution in [-0.4, -0.2) is 43.6 Å². The summed E-state index contributed by atoms with van der Waals surface area (Å²) in [6.45, 7) is 11.5. The third kappa shape index (κ3) is 3.22. The molecule has 7 heteroatoms. The molecule has 1 amide bonds. The highest BCUT2D eigenvalue weighted by Crippen LogP contribution is 2.28. The first-order valence-corrected chi connectivity index (χ1v) is 9.34. The largest absolute Gasteiger partial charge is 0.336 e. The minimum atomic E-state index is 0.107. The van der Waals surface area contributed by atoms with E-state index in [1.165, 1.54) is 11.3 Å². The van der Waals surface area contributed by atoms with E-state index in [2.05, 4.69) is 28.9 Å². The second-order valence-electron chi connectivity index (χ2n) is 6.82. The zero-order valence-corrected chi connectivity index (χ0v) is 15.9. The fraction of sp³-hybridized carbons (Fsp3) is 0.647. The van der Waals surface area contributed by atoms with Crippen LogP contribution in [0.15, 0.2) is 0 Å². The predicted molar refractivity (Wildman–Crippen MR) is 94.6 cm³/mol. The van der Waals surface area contributed by atoms with Crippen molar-refractivity contribution < 1.29 is 4.79 Å². The van der Waals surface area contributed by atoms with Gasteiger partial charge in [-0.25, -0.2) is 14.6 Å². The van der Waals surface area contributed by atoms with Crippen LogP contribution < -0.4 is 0 Å². The number of carbonyl (C=O) groups is 1. The van der Waals surface area contributed by atoms with Crippen LogP contribution in [0, 0.1) is 20.8 Å². The van der Waals surface area contributed by atoms with Crippen LogP contribution in [0.1, 0.15) is 70.7 Å². The van der Waals surface area contributed by atoms with E-state index in [9.17, 15) is 4.79 Å². The number of hydrogen-bond donors (Lipinski definition) is 0. The summed E-state index contributed by atoms with van der Waals surface area (Å²) in [5.74, 6) is 2.17. The summed E-state index contributed by atoms with van der Waals surface area (Å²) >= 11 is 1.54. The Balaban J connectivity index is 1.79. The molecule has 0 saturated carbocycles. The number of rotatable bonds is 3. The molecule has 1 atom stereocenters. The number of likely N-dealkylation sites (tertiary alicyclic amines) is 1. The van der Waals surface area contributed by atoms with Crippen molar-refractivity contribution in [2.24, 2.45) is 0 Å². The zero-order valence-electron chi connectivity index (χ0n) is 15.0. The van der Waals surface area contributed by atoms with E-state index < -0.39 is 0 Å². The van der Waals surface area contributed by atoms with Crippen LogP contribution in [0.3, 0.4) is 0 Å². The molecule has 0 bridgehead atoms. The van der Waals surface area contributed by atoms with Crippen molar-refractivity contribution in [2.45, 2.75) is 59.4 Å². The SMILES string of the molecule is Cc1nc(C)n([C@H]2CCCN(C(=O)c3sc(C(C)C)nc3C)C2)n1. The van der Waals surface area contributed by atoms with Crippen molar-refractivity contribution in [3.63, 3.8) is 0 Å². The Bertz CT molecular complexity index is 748. The third-order valence-electron chi connectivity index (χ3n) is 4.44. The molecule has 1 aliphatic rings. The normalized spacial score (nSPS) is 18.4. The molecular formula is C17H25N5OS. The van der Waals surface area contributed by atoms with Crippen LogP contribution >= 0.6 is 11.3 Å². The van der Waals surface area contributed by atoms with Crippen molar-refractivity contribution in [3.05, 3.63) is 27.2 Å². The highest BCUT2D eigenvalue weighted by Gasteiger charge is 2.29. The summed E-state index contributed by atoms with van der Waals surface area (Å²) in [5.41, 5.74) is 0.851. The fourth-order valence-electron chi connectivity index (χ4n) is 3.23. The van der Waals surface area contributed by atoms with Gasteiger partial charge in [-0.3, -0.25) is 4.79 Å². The Morgan fingerprint density at radius 1 is 1.25 bits per heavy atom. The van der Waals surface area contributed by atoms with Gasteiger partial charge in [-0.15, -0.1) is 11.3 Å². The Hall–Kier alpha value is -1.76. The first-order chi connectivity index (χ1) is 11.4. The maximum atomic E-state index is 13.0. The lowest BCUT2D eigenvalue weighted by molar-refractivity contribution is 0.0675. The number of aromatic nitrogens is 4. The minimum absolute atomic E-state index is 0.107. The number of hydrogen-bond acceptors (Lipinski definition) is 5. The summed E-state index contributed by atoms with van der Waals surface area (Å²) in [6.07, 6.45) is 2.02. The Kier molecular flexibility index (Phi) is 4.71. The standard InChI is InChI=1S/C17H25N5OS/c1-10(2)16-18-11(3)15(24-16)17(23)21-8-6-7-14(9-21)22-13(5)19-12(4)20-22/h10,14H,6-9H2,1-5H3/t14-/m0/s1. The predicted octanol–water partition coefficient (Wildman–Crippen LogP) is 3.26. The zero-order chi connectivity index (χ0) is 17.4. The van der Waals surface area contributed by atoms with Gasteiger partial charge in [-0.2, -0.15) is 5.10 Å². The molecule has 0 N–H and O–H groups in total. The van der Waals surface area contributed by atoms with Crippen molar-refractivity contribution in [2.75, 3.05) is 13.1 Å². The van der Waals surface area contributed by atoms with E-state index in [0.717, 1.165) is 46.6 Å². The molecule has 0 unspecified atom stereocenters. The van der Waals surface area contributed by atoms with Gasteiger partial charge in [0, 0.05) is 19.0 Å². The third-order valence-corrected chi connectivity index (χ3v) is 5.88. The van der Waals surface area contributed by atoms with E-state index in [-0.39, 0.29) is 11.9 Å². The number of aryl methyl sites for hydroxylation is 3. The van der Waals surface area contributed by atoms with Gasteiger partial charge >= 0.3 is 0 Å². The molecule has 3 heterocycles. The van der Waals surface area contributed by atoms with E-state index >= 15 is 0 Å². The summed E-state index contributed by atoms with van der Waals surface area (Å²) in [7, 11) is 0. The molecule has 2 aromatic heterocycles. The molecule has 2 aromatic rings. The Labute approximate surface area is 146 Å². The van der Waals surface area contributed by atoms with Gasteiger partial charge < -0.3 is 4.90 Å². The summed E-state index contributed by atoms with van der Waals surface area (Å²) < 4.78 is 1.98. The van der Waals surface area contributed by atoms with Gasteiger partial charge in [-0.05, 0) is 33.6 Å². The number of amides is 1. The van der Waals surface area contributed by atoms with Gasteiger partial charge in [0.1, 0.15) is 16.5 Å². The molecule has 0 aromatic carbocycles. The first kappa shape index (κ1) is 17.1. The van der Waals surface area contributed by atoms with Crippen molar-refractivity contribution >= 4 is 17.2 Å². The van der Waals surface area contributed by atoms with Gasteiger partial charge in [0.05, 0.1) is 16.7 Å². The molecule has 3 rings (SSSR count). The maximum absolute atomic E-state index is 13.0. The summed E-state index contributed by atoms with van der Waals surface area (Å²) in [4.78, 5) is 24.7. The monoisotopic (exact) mass is 347 g/mol. The van der Waals surface area contributed by atoms with E-state index in [0.29, 0.717) is 12.5 Å². The van der Waals surface area contributed by atoms with Crippen LogP contribution in [0.25, 0.3) is 0 Å². The fourth-order valence-corrected chi connectivity index (χ4v) is 4.26. The second kappa shape index (κ2) is 6.63. The molecule has 1 saturated heterocycles. The molecule has 1 aliphatic heterocycles. The molecule has 0 spiro atoms. The van der Waals surface area contributed by atoms with Crippen molar-refractivity contribution in [1.29, 1.82) is 0 Å². The molecule has 24 heavy (non-hydrogen) atoms. The number of nitrogens with zero attached hydrogens (tertiary/aromatic N) is 5. The molecule has 0 radical (unpaired) electrons. The first-order valence-electron chi connectivity index (χ1n) is 8.53. The van der Waals surface area contributed by atoms with Crippen LogP contribution in [0.4, 0.5) is 0 Å². The Morgan fingerprint density at radius 3 is 2.58 bits per heavy atom. The lowest BCUT2D eigenvalue weighted by Gasteiger charge is -2.33. The van der Waals surface area contributed by atoms with Crippen LogP contribution in [-0.2, 0) is 0 Å². The maximum Gasteiger partial charge on any atom is 0.265 e. The molecule has 1 fully saturated rings. The quantitative estimate of drug-likeness (QED) is 0.855. The Morgan fingerprint density at radius 2 is 2.00 bits per heavy atom. The molecule has 130 valence electrons. The highest BCUT2D eigenvalue weighted by atomic mass is 32.1. The van der Waals surface area contributed by atoms with Crippen LogP contribution in [0.5, 0.6) is 0 Å². The topological polar surface area (TPSA) is 63.9 Å². The number of thiazole rings is 1. The van der Waals surface area contributed by atoms with E-state index in [4.69, 9.17) is 0 Å². The van der Waals surface area contributed by atoms with E-state index in [1.54, 1.807) is 0 Å². The lowest BCUT2D eigenvalue weighted by Crippen LogP contribution is -2.41. The lowest BCUT2D eigenvalue weighted by atomic mass is 10.1. The number of piperidine rings is 1. The van der Waals surface area contributed by atoms with Gasteiger partial charge in [0.2, 0.25) is 0 Å². The minimum Gasteiger partial charge on any atom is -0.336 e. The summed E-state index contributed by atoms with van der Waals surface area (Å²) in [5, 5.41) is 5.54. The smallest absolute Gasteiger partial charge is 0.265 e. The van der Waals surface area contributed by atoms with Gasteiger partial charge in [0.25, 0.3) is 5.91 Å². The molecular weight excluding hydrogens is 322 g/mol. The average Bonchev–Trinajstić information content (AvgIpc) is 3.09. The van der Waals surface area contributed by atoms with Crippen LogP contribution in [0.2, 0.25) is 0 Å². The molecule has 6 nitrogen and oxygen atoms in total. The van der Waals surface area contributed by atoms with Gasteiger partial charge in [0.15, 0.2) is 0 Å². The van der Waals surface area contributed by atoms with Crippen molar-refractivity contribution in [3.8, 4) is 0 Å². The average molecular weight is 347 g/mol. The van der Waals surface area contributed by atoms with E-state index in [1.807, 2.05) is 30.4 Å². The second-order valence-corrected chi connectivity index (χ2v) is 7.85. The highest BCUT2D eigenvalue weighted by molar-refractivity contribution is 7.13. The number of carbonyl (C=O) groups excluding carboxylic acids is 1. The van der Waals surface area contributed by atoms with Gasteiger partial charge in [-0.1, -0.05) is 13.8 Å². The van der Waals surface area contributed by atoms with Crippen molar-refractivity contribution in [1.82, 2.24) is 24.6 Å². The molecule has 0 aliphatic carbocycles.